The number of carboxylic acid groups (broad SMARTS) is 1. The minimum atomic E-state index is -1.33. The smallest absolute Gasteiger partial charge is 0.346 e. The minimum Gasteiger partial charge on any atom is -0.477 e. The highest BCUT2D eigenvalue weighted by molar-refractivity contribution is 5.97. The number of anilines is 3. The van der Waals surface area contributed by atoms with Crippen LogP contribution in [0.5, 0.6) is 0 Å². The molecule has 0 aromatic heterocycles. The van der Waals surface area contributed by atoms with Crippen LogP contribution in [0.25, 0.3) is 18.2 Å². The van der Waals surface area contributed by atoms with Crippen LogP contribution in [0.1, 0.15) is 22.3 Å². The Kier molecular flexibility index (Phi) is 7.36. The van der Waals surface area contributed by atoms with Crippen LogP contribution >= 0.6 is 0 Å². The van der Waals surface area contributed by atoms with Crippen LogP contribution in [0, 0.1) is 22.7 Å². The standard InChI is InChI=1S/C31H21N3O2/c32-21-26-19-24(13-16-25(26)20-27(22-33)31(35)36)12-11-23-14-17-30(18-15-23)34(28-7-3-1-4-8-28)29-9-5-2-6-10-29/h1-20H,(H,35,36)/b12-11+,27-20-. The fourth-order valence-electron chi connectivity index (χ4n) is 3.73. The van der Waals surface area contributed by atoms with Gasteiger partial charge in [0.2, 0.25) is 0 Å². The topological polar surface area (TPSA) is 88.1 Å². The van der Waals surface area contributed by atoms with Gasteiger partial charge in [-0.15, -0.1) is 0 Å². The van der Waals surface area contributed by atoms with Crippen molar-refractivity contribution < 1.29 is 9.90 Å². The van der Waals surface area contributed by atoms with Crippen molar-refractivity contribution in [3.8, 4) is 12.1 Å². The van der Waals surface area contributed by atoms with Crippen molar-refractivity contribution >= 4 is 41.3 Å². The van der Waals surface area contributed by atoms with E-state index in [1.165, 1.54) is 6.08 Å². The highest BCUT2D eigenvalue weighted by atomic mass is 16.4. The molecule has 1 N–H and O–H groups in total. The minimum absolute atomic E-state index is 0.294. The number of carboxylic acids is 1. The zero-order valence-electron chi connectivity index (χ0n) is 19.2. The van der Waals surface area contributed by atoms with E-state index in [0.29, 0.717) is 11.1 Å². The van der Waals surface area contributed by atoms with E-state index in [0.717, 1.165) is 28.2 Å². The first-order chi connectivity index (χ1) is 17.6. The summed E-state index contributed by atoms with van der Waals surface area (Å²) < 4.78 is 0. The number of hydrogen-bond acceptors (Lipinski definition) is 4. The summed E-state index contributed by atoms with van der Waals surface area (Å²) in [4.78, 5) is 13.3. The van der Waals surface area contributed by atoms with Gasteiger partial charge in [-0.1, -0.05) is 72.8 Å². The van der Waals surface area contributed by atoms with Crippen LogP contribution in [0.15, 0.2) is 109 Å². The van der Waals surface area contributed by atoms with Gasteiger partial charge in [-0.3, -0.25) is 0 Å². The molecule has 0 spiro atoms. The summed E-state index contributed by atoms with van der Waals surface area (Å²) in [6.45, 7) is 0. The zero-order chi connectivity index (χ0) is 25.3. The molecule has 4 aromatic rings. The van der Waals surface area contributed by atoms with E-state index >= 15 is 0 Å². The monoisotopic (exact) mass is 467 g/mol. The number of hydrogen-bond donors (Lipinski definition) is 1. The fourth-order valence-corrected chi connectivity index (χ4v) is 3.73. The molecule has 0 saturated carbocycles. The molecule has 0 aliphatic rings. The molecule has 5 nitrogen and oxygen atoms in total. The van der Waals surface area contributed by atoms with E-state index in [4.69, 9.17) is 10.4 Å². The Balaban J connectivity index is 1.59. The fraction of sp³-hybridized carbons (Fsp3) is 0. The Hall–Kier alpha value is -5.39. The summed E-state index contributed by atoms with van der Waals surface area (Å²) in [7, 11) is 0. The lowest BCUT2D eigenvalue weighted by molar-refractivity contribution is -0.132. The lowest BCUT2D eigenvalue weighted by Crippen LogP contribution is -2.09. The van der Waals surface area contributed by atoms with Crippen LogP contribution < -0.4 is 4.90 Å². The first kappa shape index (κ1) is 23.8. The van der Waals surface area contributed by atoms with Crippen LogP contribution in [0.3, 0.4) is 0 Å². The molecule has 4 rings (SSSR count). The third-order valence-electron chi connectivity index (χ3n) is 5.50. The highest BCUT2D eigenvalue weighted by Gasteiger charge is 2.11. The maximum atomic E-state index is 11.1. The molecule has 0 radical (unpaired) electrons. The SMILES string of the molecule is N#C/C(=C/c1ccc(/C=C/c2ccc(N(c3ccccc3)c3ccccc3)cc2)cc1C#N)C(=O)O. The molecule has 0 bridgehead atoms. The lowest BCUT2D eigenvalue weighted by Gasteiger charge is -2.25. The Morgan fingerprint density at radius 2 is 1.25 bits per heavy atom. The van der Waals surface area contributed by atoms with Gasteiger partial charge in [0.1, 0.15) is 11.6 Å². The Bertz CT molecular complexity index is 1470. The summed E-state index contributed by atoms with van der Waals surface area (Å²) in [5.74, 6) is -1.33. The molecule has 36 heavy (non-hydrogen) atoms. The van der Waals surface area contributed by atoms with Crippen LogP contribution in [-0.4, -0.2) is 11.1 Å². The van der Waals surface area contributed by atoms with Crippen molar-refractivity contribution in [2.75, 3.05) is 4.90 Å². The second-order valence-corrected chi connectivity index (χ2v) is 7.86. The Labute approximate surface area is 209 Å². The van der Waals surface area contributed by atoms with Crippen molar-refractivity contribution in [3.63, 3.8) is 0 Å². The first-order valence-corrected chi connectivity index (χ1v) is 11.2. The van der Waals surface area contributed by atoms with Crippen molar-refractivity contribution in [1.29, 1.82) is 10.5 Å². The number of carbonyl (C=O) groups is 1. The highest BCUT2D eigenvalue weighted by Crippen LogP contribution is 2.34. The van der Waals surface area contributed by atoms with Crippen LogP contribution in [-0.2, 0) is 4.79 Å². The first-order valence-electron chi connectivity index (χ1n) is 11.2. The quantitative estimate of drug-likeness (QED) is 0.176. The summed E-state index contributed by atoms with van der Waals surface area (Å²) in [6.07, 6.45) is 5.04. The average Bonchev–Trinajstić information content (AvgIpc) is 2.92. The van der Waals surface area contributed by atoms with E-state index in [-0.39, 0.29) is 0 Å². The largest absolute Gasteiger partial charge is 0.477 e. The molecule has 0 aliphatic heterocycles. The molecule has 0 heterocycles. The van der Waals surface area contributed by atoms with Crippen LogP contribution in [0.4, 0.5) is 17.1 Å². The predicted molar refractivity (Wildman–Crippen MR) is 142 cm³/mol. The van der Waals surface area contributed by atoms with E-state index in [1.807, 2.05) is 60.7 Å². The number of nitrogens with zero attached hydrogens (tertiary/aromatic N) is 3. The Morgan fingerprint density at radius 1 is 0.722 bits per heavy atom. The van der Waals surface area contributed by atoms with Crippen molar-refractivity contribution in [2.45, 2.75) is 0 Å². The number of nitriles is 2. The number of para-hydroxylation sites is 2. The summed E-state index contributed by atoms with van der Waals surface area (Å²) in [5, 5.41) is 27.5. The van der Waals surface area contributed by atoms with Gasteiger partial charge in [0.15, 0.2) is 0 Å². The second kappa shape index (κ2) is 11.2. The normalized spacial score (nSPS) is 11.0. The van der Waals surface area contributed by atoms with Gasteiger partial charge in [0.05, 0.1) is 11.6 Å². The summed E-state index contributed by atoms with van der Waals surface area (Å²) in [6, 6.07) is 37.3. The summed E-state index contributed by atoms with van der Waals surface area (Å²) >= 11 is 0. The number of aliphatic carboxylic acids is 1. The molecule has 4 aromatic carbocycles. The van der Waals surface area contributed by atoms with Gasteiger partial charge in [0.25, 0.3) is 0 Å². The van der Waals surface area contributed by atoms with E-state index < -0.39 is 11.5 Å². The maximum Gasteiger partial charge on any atom is 0.346 e. The molecule has 172 valence electrons. The molecule has 0 amide bonds. The van der Waals surface area contributed by atoms with Gasteiger partial charge in [0, 0.05) is 17.1 Å². The van der Waals surface area contributed by atoms with Gasteiger partial charge < -0.3 is 10.0 Å². The molecular formula is C31H21N3O2. The molecule has 5 heteroatoms. The number of benzene rings is 4. The molecule has 0 aliphatic carbocycles. The Morgan fingerprint density at radius 3 is 1.78 bits per heavy atom. The molecule has 0 saturated heterocycles. The summed E-state index contributed by atoms with van der Waals surface area (Å²) in [5.41, 5.74) is 5.19. The van der Waals surface area contributed by atoms with Gasteiger partial charge >= 0.3 is 5.97 Å². The van der Waals surface area contributed by atoms with Gasteiger partial charge in [-0.2, -0.15) is 10.5 Å². The van der Waals surface area contributed by atoms with Gasteiger partial charge in [-0.25, -0.2) is 4.79 Å². The third-order valence-corrected chi connectivity index (χ3v) is 5.50. The third kappa shape index (κ3) is 5.56. The maximum absolute atomic E-state index is 11.1. The van der Waals surface area contributed by atoms with E-state index in [2.05, 4.69) is 47.4 Å². The van der Waals surface area contributed by atoms with E-state index in [1.54, 1.807) is 24.3 Å². The predicted octanol–water partition coefficient (Wildman–Crippen LogP) is 7.19. The molecule has 0 fully saturated rings. The van der Waals surface area contributed by atoms with E-state index in [9.17, 15) is 10.1 Å². The zero-order valence-corrected chi connectivity index (χ0v) is 19.2. The second-order valence-electron chi connectivity index (χ2n) is 7.86. The molecule has 0 atom stereocenters. The number of rotatable bonds is 7. The lowest BCUT2D eigenvalue weighted by atomic mass is 10.0. The van der Waals surface area contributed by atoms with Crippen molar-refractivity contribution in [3.05, 3.63) is 131 Å². The van der Waals surface area contributed by atoms with Gasteiger partial charge in [-0.05, 0) is 65.2 Å². The van der Waals surface area contributed by atoms with Crippen molar-refractivity contribution in [1.82, 2.24) is 0 Å². The van der Waals surface area contributed by atoms with Crippen LogP contribution in [0.2, 0.25) is 0 Å². The molecule has 0 unspecified atom stereocenters. The average molecular weight is 468 g/mol. The van der Waals surface area contributed by atoms with Crippen molar-refractivity contribution in [2.24, 2.45) is 0 Å². The molecular weight excluding hydrogens is 446 g/mol.